The van der Waals surface area contributed by atoms with Gasteiger partial charge < -0.3 is 14.7 Å². The van der Waals surface area contributed by atoms with Crippen LogP contribution in [0.4, 0.5) is 4.79 Å². The molecule has 2 fully saturated rings. The number of aromatic nitrogens is 2. The van der Waals surface area contributed by atoms with Crippen LogP contribution >= 0.6 is 23.2 Å². The number of urea groups is 1. The zero-order valence-corrected chi connectivity index (χ0v) is 17.4. The van der Waals surface area contributed by atoms with Gasteiger partial charge in [-0.3, -0.25) is 0 Å². The van der Waals surface area contributed by atoms with E-state index in [2.05, 4.69) is 10.5 Å². The third kappa shape index (κ3) is 3.98. The molecule has 2 amide bonds. The zero-order valence-electron chi connectivity index (χ0n) is 15.9. The Kier molecular flexibility index (Phi) is 5.52. The Morgan fingerprint density at radius 3 is 2.71 bits per heavy atom. The highest BCUT2D eigenvalue weighted by atomic mass is 35.5. The fourth-order valence-corrected chi connectivity index (χ4v) is 4.34. The molecule has 1 saturated carbocycles. The fraction of sp³-hybridized carbons (Fsp3) is 0.550. The molecule has 0 atom stereocenters. The van der Waals surface area contributed by atoms with Crippen molar-refractivity contribution in [3.8, 4) is 0 Å². The van der Waals surface area contributed by atoms with Crippen molar-refractivity contribution < 1.29 is 9.32 Å². The summed E-state index contributed by atoms with van der Waals surface area (Å²) in [5.41, 5.74) is 0.978. The van der Waals surface area contributed by atoms with Gasteiger partial charge in [-0.15, -0.1) is 0 Å². The van der Waals surface area contributed by atoms with Crippen LogP contribution in [0.5, 0.6) is 0 Å². The van der Waals surface area contributed by atoms with Crippen LogP contribution in [-0.2, 0) is 11.8 Å². The number of nitrogens with one attached hydrogen (secondary N) is 1. The fourth-order valence-electron chi connectivity index (χ4n) is 3.87. The van der Waals surface area contributed by atoms with Gasteiger partial charge in [0, 0.05) is 41.0 Å². The molecule has 0 bridgehead atoms. The molecule has 2 heterocycles. The average molecular weight is 423 g/mol. The molecule has 1 N–H and O–H groups in total. The molecule has 2 aromatic rings. The van der Waals surface area contributed by atoms with E-state index in [1.54, 1.807) is 6.07 Å². The van der Waals surface area contributed by atoms with Crippen LogP contribution in [0.3, 0.4) is 0 Å². The summed E-state index contributed by atoms with van der Waals surface area (Å²) in [6, 6.07) is 5.62. The Balaban J connectivity index is 1.41. The molecule has 0 spiro atoms. The minimum absolute atomic E-state index is 0.00365. The Labute approximate surface area is 174 Å². The summed E-state index contributed by atoms with van der Waals surface area (Å²) in [5, 5.41) is 8.47. The number of piperidine rings is 1. The molecule has 2 aliphatic rings. The van der Waals surface area contributed by atoms with Crippen molar-refractivity contribution in [3.63, 3.8) is 0 Å². The van der Waals surface area contributed by atoms with Crippen molar-refractivity contribution >= 4 is 29.2 Å². The summed E-state index contributed by atoms with van der Waals surface area (Å²) >= 11 is 12.4. The van der Waals surface area contributed by atoms with Gasteiger partial charge in [-0.05, 0) is 56.7 Å². The standard InChI is InChI=1S/C20H24Cl2N4O2/c1-2-23-19(27)26-9-5-13(6-10-26)17-24-18(25-28-17)20(7-8-20)12-14-3-4-15(21)11-16(14)22/h3-4,11,13H,2,5-10,12H2,1H3,(H,23,27). The Bertz CT molecular complexity index is 858. The SMILES string of the molecule is CCNC(=O)N1CCC(c2nc(C3(Cc4ccc(Cl)cc4Cl)CC3)no2)CC1. The van der Waals surface area contributed by atoms with Crippen LogP contribution in [0.2, 0.25) is 10.0 Å². The van der Waals surface area contributed by atoms with Crippen molar-refractivity contribution in [2.24, 2.45) is 0 Å². The molecule has 150 valence electrons. The van der Waals surface area contributed by atoms with Crippen LogP contribution in [0, 0.1) is 0 Å². The van der Waals surface area contributed by atoms with Crippen molar-refractivity contribution in [2.75, 3.05) is 19.6 Å². The molecule has 0 unspecified atom stereocenters. The second kappa shape index (κ2) is 7.91. The van der Waals surface area contributed by atoms with E-state index in [1.807, 2.05) is 24.0 Å². The quantitative estimate of drug-likeness (QED) is 0.766. The Morgan fingerprint density at radius 1 is 1.32 bits per heavy atom. The largest absolute Gasteiger partial charge is 0.339 e. The Morgan fingerprint density at radius 2 is 2.07 bits per heavy atom. The van der Waals surface area contributed by atoms with Crippen LogP contribution < -0.4 is 5.32 Å². The van der Waals surface area contributed by atoms with Crippen LogP contribution in [0.25, 0.3) is 0 Å². The molecule has 6 nitrogen and oxygen atoms in total. The van der Waals surface area contributed by atoms with Gasteiger partial charge in [0.2, 0.25) is 5.89 Å². The number of carbonyl (C=O) groups excluding carboxylic acids is 1. The maximum absolute atomic E-state index is 12.0. The molecule has 1 aliphatic carbocycles. The van der Waals surface area contributed by atoms with Crippen molar-refractivity contribution in [1.29, 1.82) is 0 Å². The van der Waals surface area contributed by atoms with Gasteiger partial charge in [0.05, 0.1) is 0 Å². The van der Waals surface area contributed by atoms with Crippen molar-refractivity contribution in [2.45, 2.75) is 50.4 Å². The van der Waals surface area contributed by atoms with Gasteiger partial charge in [0.1, 0.15) is 0 Å². The van der Waals surface area contributed by atoms with E-state index in [4.69, 9.17) is 32.7 Å². The lowest BCUT2D eigenvalue weighted by Crippen LogP contribution is -2.44. The predicted molar refractivity (Wildman–Crippen MR) is 108 cm³/mol. The zero-order chi connectivity index (χ0) is 19.7. The topological polar surface area (TPSA) is 71.3 Å². The van der Waals surface area contributed by atoms with Gasteiger partial charge in [0.15, 0.2) is 5.82 Å². The molecular formula is C20H24Cl2N4O2. The number of rotatable bonds is 5. The molecule has 8 heteroatoms. The first-order valence-electron chi connectivity index (χ1n) is 9.81. The monoisotopic (exact) mass is 422 g/mol. The first kappa shape index (κ1) is 19.5. The molecule has 1 aromatic carbocycles. The van der Waals surface area contributed by atoms with E-state index < -0.39 is 0 Å². The number of nitrogens with zero attached hydrogens (tertiary/aromatic N) is 3. The van der Waals surface area contributed by atoms with E-state index in [1.165, 1.54) is 0 Å². The number of amides is 2. The molecule has 28 heavy (non-hydrogen) atoms. The highest BCUT2D eigenvalue weighted by Crippen LogP contribution is 2.50. The smallest absolute Gasteiger partial charge is 0.317 e. The van der Waals surface area contributed by atoms with Gasteiger partial charge in [-0.25, -0.2) is 4.79 Å². The minimum atomic E-state index is -0.0824. The third-order valence-electron chi connectivity index (χ3n) is 5.77. The number of carbonyl (C=O) groups is 1. The number of halogens is 2. The van der Waals surface area contributed by atoms with Gasteiger partial charge in [0.25, 0.3) is 0 Å². The van der Waals surface area contributed by atoms with Gasteiger partial charge in [-0.1, -0.05) is 34.4 Å². The number of hydrogen-bond donors (Lipinski definition) is 1. The van der Waals surface area contributed by atoms with E-state index in [0.29, 0.717) is 35.6 Å². The summed E-state index contributed by atoms with van der Waals surface area (Å²) in [6.45, 7) is 3.99. The number of likely N-dealkylation sites (tertiary alicyclic amines) is 1. The molecule has 1 aromatic heterocycles. The second-order valence-corrected chi connectivity index (χ2v) is 8.59. The molecule has 0 radical (unpaired) electrons. The number of benzene rings is 1. The van der Waals surface area contributed by atoms with Gasteiger partial charge in [-0.2, -0.15) is 4.98 Å². The molecule has 4 rings (SSSR count). The first-order chi connectivity index (χ1) is 13.5. The molecule has 1 aliphatic heterocycles. The Hall–Kier alpha value is -1.79. The van der Waals surface area contributed by atoms with Crippen LogP contribution in [0.15, 0.2) is 22.7 Å². The van der Waals surface area contributed by atoms with E-state index >= 15 is 0 Å². The van der Waals surface area contributed by atoms with Crippen LogP contribution in [-0.4, -0.2) is 40.7 Å². The summed E-state index contributed by atoms with van der Waals surface area (Å²) < 4.78 is 5.63. The predicted octanol–water partition coefficient (Wildman–Crippen LogP) is 4.56. The summed E-state index contributed by atoms with van der Waals surface area (Å²) in [6.07, 6.45) is 4.53. The lowest BCUT2D eigenvalue weighted by atomic mass is 9.95. The lowest BCUT2D eigenvalue weighted by molar-refractivity contribution is 0.176. The summed E-state index contributed by atoms with van der Waals surface area (Å²) in [7, 11) is 0. The normalized spacial score (nSPS) is 18.9. The highest BCUT2D eigenvalue weighted by Gasteiger charge is 2.49. The van der Waals surface area contributed by atoms with Crippen molar-refractivity contribution in [3.05, 3.63) is 45.5 Å². The maximum Gasteiger partial charge on any atom is 0.317 e. The van der Waals surface area contributed by atoms with Crippen molar-refractivity contribution in [1.82, 2.24) is 20.4 Å². The molecular weight excluding hydrogens is 399 g/mol. The number of hydrogen-bond acceptors (Lipinski definition) is 4. The maximum atomic E-state index is 12.0. The average Bonchev–Trinajstić information content (AvgIpc) is 3.29. The third-order valence-corrected chi connectivity index (χ3v) is 6.36. The first-order valence-corrected chi connectivity index (χ1v) is 10.6. The summed E-state index contributed by atoms with van der Waals surface area (Å²) in [4.78, 5) is 18.6. The minimum Gasteiger partial charge on any atom is -0.339 e. The summed E-state index contributed by atoms with van der Waals surface area (Å²) in [5.74, 6) is 1.68. The molecule has 1 saturated heterocycles. The lowest BCUT2D eigenvalue weighted by Gasteiger charge is -2.30. The second-order valence-electron chi connectivity index (χ2n) is 7.75. The highest BCUT2D eigenvalue weighted by molar-refractivity contribution is 6.35. The van der Waals surface area contributed by atoms with E-state index in [0.717, 1.165) is 43.5 Å². The van der Waals surface area contributed by atoms with E-state index in [-0.39, 0.29) is 17.4 Å². The van der Waals surface area contributed by atoms with Gasteiger partial charge >= 0.3 is 6.03 Å². The van der Waals surface area contributed by atoms with Crippen LogP contribution in [0.1, 0.15) is 55.8 Å². The van der Waals surface area contributed by atoms with E-state index in [9.17, 15) is 4.79 Å².